The zero-order valence-corrected chi connectivity index (χ0v) is 33.5. The Hall–Kier alpha value is -5.90. The molecule has 6 aliphatic heterocycles. The van der Waals surface area contributed by atoms with Gasteiger partial charge in [0.2, 0.25) is 5.91 Å². The van der Waals surface area contributed by atoms with E-state index in [-0.39, 0.29) is 29.8 Å². The molecule has 5 fully saturated rings. The van der Waals surface area contributed by atoms with E-state index in [4.69, 9.17) is 15.6 Å². The molecule has 0 spiro atoms. The molecule has 0 saturated carbocycles. The van der Waals surface area contributed by atoms with Crippen molar-refractivity contribution in [2.24, 2.45) is 5.92 Å². The molecule has 1 atom stereocenters. The summed E-state index contributed by atoms with van der Waals surface area (Å²) < 4.78 is 8.11. The van der Waals surface area contributed by atoms with E-state index < -0.39 is 0 Å². The van der Waals surface area contributed by atoms with Crippen LogP contribution in [0.3, 0.4) is 0 Å². The highest BCUT2D eigenvalue weighted by Crippen LogP contribution is 2.37. The number of benzene rings is 3. The zero-order valence-electron chi connectivity index (χ0n) is 33.5. The van der Waals surface area contributed by atoms with Gasteiger partial charge in [0.15, 0.2) is 5.65 Å². The summed E-state index contributed by atoms with van der Waals surface area (Å²) in [5, 5.41) is 8.73. The predicted molar refractivity (Wildman–Crippen MR) is 226 cm³/mol. The molecule has 15 nitrogen and oxygen atoms in total. The number of nitrogens with two attached hydrogens (primary N) is 1. The summed E-state index contributed by atoms with van der Waals surface area (Å²) in [5.41, 5.74) is 10.9. The van der Waals surface area contributed by atoms with Gasteiger partial charge < -0.3 is 20.7 Å². The molecule has 2 aromatic heterocycles. The maximum absolute atomic E-state index is 13.3. The molecular formula is C45H49N11O4. The van der Waals surface area contributed by atoms with E-state index in [9.17, 15) is 14.4 Å². The molecule has 60 heavy (non-hydrogen) atoms. The smallest absolute Gasteiger partial charge is 0.261 e. The van der Waals surface area contributed by atoms with Crippen LogP contribution in [-0.2, 0) is 4.79 Å². The minimum atomic E-state index is -0.285. The van der Waals surface area contributed by atoms with E-state index in [1.807, 2.05) is 66.7 Å². The van der Waals surface area contributed by atoms with Gasteiger partial charge in [-0.2, -0.15) is 5.10 Å². The van der Waals surface area contributed by atoms with Gasteiger partial charge in [-0.3, -0.25) is 34.0 Å². The van der Waals surface area contributed by atoms with E-state index in [2.05, 4.69) is 39.6 Å². The van der Waals surface area contributed by atoms with Gasteiger partial charge in [-0.05, 0) is 73.9 Å². The van der Waals surface area contributed by atoms with Crippen LogP contribution in [0.15, 0.2) is 79.1 Å². The fourth-order valence-electron chi connectivity index (χ4n) is 10.2. The van der Waals surface area contributed by atoms with Crippen molar-refractivity contribution in [2.75, 3.05) is 76.1 Å². The van der Waals surface area contributed by atoms with Gasteiger partial charge in [0.05, 0.1) is 28.6 Å². The average Bonchev–Trinajstić information content (AvgIpc) is 3.73. The first-order valence-electron chi connectivity index (χ1n) is 21.4. The predicted octanol–water partition coefficient (Wildman–Crippen LogP) is 3.88. The van der Waals surface area contributed by atoms with E-state index in [0.717, 1.165) is 111 Å². The number of para-hydroxylation sites is 1. The molecule has 8 heterocycles. The van der Waals surface area contributed by atoms with Crippen molar-refractivity contribution in [3.63, 3.8) is 0 Å². The number of hydrogen-bond donors (Lipinski definition) is 2. The Kier molecular flexibility index (Phi) is 9.27. The van der Waals surface area contributed by atoms with Crippen molar-refractivity contribution in [1.82, 2.24) is 44.7 Å². The summed E-state index contributed by atoms with van der Waals surface area (Å²) in [5.74, 6) is 2.06. The van der Waals surface area contributed by atoms with Crippen LogP contribution < -0.4 is 20.7 Å². The summed E-state index contributed by atoms with van der Waals surface area (Å²) in [4.78, 5) is 58.6. The number of likely N-dealkylation sites (tertiary alicyclic amines) is 3. The second-order valence-corrected chi connectivity index (χ2v) is 17.4. The van der Waals surface area contributed by atoms with Crippen LogP contribution in [-0.4, -0.2) is 141 Å². The fourth-order valence-corrected chi connectivity index (χ4v) is 10.2. The van der Waals surface area contributed by atoms with Crippen LogP contribution in [0.4, 0.5) is 11.5 Å². The van der Waals surface area contributed by atoms with E-state index in [1.165, 1.54) is 11.2 Å². The molecule has 5 aromatic rings. The lowest BCUT2D eigenvalue weighted by atomic mass is 9.93. The van der Waals surface area contributed by atoms with Crippen LogP contribution >= 0.6 is 0 Å². The third-order valence-corrected chi connectivity index (χ3v) is 13.7. The van der Waals surface area contributed by atoms with Gasteiger partial charge in [0.1, 0.15) is 29.3 Å². The molecule has 5 saturated heterocycles. The van der Waals surface area contributed by atoms with Gasteiger partial charge in [0, 0.05) is 101 Å². The molecule has 0 aliphatic carbocycles. The van der Waals surface area contributed by atoms with Gasteiger partial charge >= 0.3 is 0 Å². The van der Waals surface area contributed by atoms with Crippen LogP contribution in [0.25, 0.3) is 22.3 Å². The number of hydrogen-bond acceptors (Lipinski definition) is 12. The fraction of sp³-hybridized carbons (Fsp3) is 0.422. The largest absolute Gasteiger partial charge is 0.457 e. The summed E-state index contributed by atoms with van der Waals surface area (Å²) in [6, 6.07) is 24.6. The molecule has 0 radical (unpaired) electrons. The van der Waals surface area contributed by atoms with E-state index in [1.54, 1.807) is 6.07 Å². The van der Waals surface area contributed by atoms with Crippen molar-refractivity contribution >= 4 is 40.3 Å². The summed E-state index contributed by atoms with van der Waals surface area (Å²) in [6.07, 6.45) is 4.40. The van der Waals surface area contributed by atoms with Crippen molar-refractivity contribution in [1.29, 1.82) is 0 Å². The number of ether oxygens (including phenoxy) is 1. The minimum Gasteiger partial charge on any atom is -0.457 e. The third-order valence-electron chi connectivity index (χ3n) is 13.7. The molecule has 15 heteroatoms. The normalized spacial score (nSPS) is 22.5. The highest BCUT2D eigenvalue weighted by molar-refractivity contribution is 6.22. The maximum Gasteiger partial charge on any atom is 0.261 e. The monoisotopic (exact) mass is 807 g/mol. The number of carbonyl (C=O) groups excluding carboxylic acids is 3. The highest BCUT2D eigenvalue weighted by Gasteiger charge is 2.44. The number of nitrogen functional groups attached to an aromatic ring is 1. The lowest BCUT2D eigenvalue weighted by molar-refractivity contribution is -0.123. The third kappa shape index (κ3) is 6.64. The van der Waals surface area contributed by atoms with Gasteiger partial charge in [-0.25, -0.2) is 14.6 Å². The number of anilines is 2. The van der Waals surface area contributed by atoms with Gasteiger partial charge in [-0.1, -0.05) is 18.2 Å². The number of nitrogens with one attached hydrogen (secondary N) is 1. The maximum atomic E-state index is 13.3. The van der Waals surface area contributed by atoms with Crippen molar-refractivity contribution in [3.8, 4) is 22.8 Å². The van der Waals surface area contributed by atoms with Crippen molar-refractivity contribution < 1.29 is 19.1 Å². The molecule has 0 bridgehead atoms. The Morgan fingerprint density at radius 3 is 2.22 bits per heavy atom. The zero-order chi connectivity index (χ0) is 40.5. The molecule has 11 rings (SSSR count). The Bertz CT molecular complexity index is 2440. The average molecular weight is 808 g/mol. The number of rotatable bonds is 10. The lowest BCUT2D eigenvalue weighted by Gasteiger charge is -2.56. The highest BCUT2D eigenvalue weighted by atomic mass is 16.5. The number of imide groups is 1. The minimum absolute atomic E-state index is 0.0300. The van der Waals surface area contributed by atoms with Gasteiger partial charge in [0.25, 0.3) is 11.8 Å². The van der Waals surface area contributed by atoms with Gasteiger partial charge in [-0.15, -0.1) is 0 Å². The first-order valence-corrected chi connectivity index (χ1v) is 21.4. The molecular weight excluding hydrogens is 759 g/mol. The summed E-state index contributed by atoms with van der Waals surface area (Å²) in [6.45, 7) is 9.92. The SMILES string of the molecule is Nc1ncnc2c1c(-c1ccc(Oc3ccccc3)cc1)nn2C1CCN(C2CN(C3CN(CC4CN(c5ccc6c(c5)C(=O)N(C5CCC(=O)NC5)C6=O)C4)C3)C2)CC1. The molecule has 6 aliphatic rings. The lowest BCUT2D eigenvalue weighted by Crippen LogP contribution is -2.70. The molecule has 3 N–H and O–H groups in total. The first kappa shape index (κ1) is 37.1. The molecule has 3 aromatic carbocycles. The Balaban J connectivity index is 0.635. The number of nitrogens with zero attached hydrogens (tertiary/aromatic N) is 9. The van der Waals surface area contributed by atoms with Crippen molar-refractivity contribution in [2.45, 2.75) is 49.9 Å². The molecule has 3 amide bonds. The standard InChI is InChI=1S/C45H49N11O4/c46-42-40-41(29-6-10-36(11-7-29)60-35-4-2-1-3-5-35)50-56(43(40)49-27-48-42)30-14-16-52(17-15-30)34-25-54(26-34)33-23-51(24-33)20-28-21-53(22-28)31-8-12-37-38(18-31)45(59)55(44(37)58)32-9-13-39(57)47-19-32/h1-8,10-12,18,27-28,30,32-34H,9,13-17,19-26H2,(H,47,57)(H2,46,48,49). The van der Waals surface area contributed by atoms with Crippen LogP contribution in [0.1, 0.15) is 52.4 Å². The summed E-state index contributed by atoms with van der Waals surface area (Å²) in [7, 11) is 0. The summed E-state index contributed by atoms with van der Waals surface area (Å²) >= 11 is 0. The van der Waals surface area contributed by atoms with E-state index in [0.29, 0.717) is 54.3 Å². The number of carbonyl (C=O) groups is 3. The molecule has 1 unspecified atom stereocenters. The quantitative estimate of drug-likeness (QED) is 0.197. The Morgan fingerprint density at radius 1 is 0.733 bits per heavy atom. The first-order chi connectivity index (χ1) is 29.3. The Morgan fingerprint density at radius 2 is 1.47 bits per heavy atom. The number of amides is 3. The topological polar surface area (TPSA) is 158 Å². The van der Waals surface area contributed by atoms with Crippen LogP contribution in [0.2, 0.25) is 0 Å². The second kappa shape index (κ2) is 15.0. The van der Waals surface area contributed by atoms with Crippen LogP contribution in [0.5, 0.6) is 11.5 Å². The number of fused-ring (bicyclic) bond motifs is 2. The number of piperidine rings is 2. The van der Waals surface area contributed by atoms with Crippen molar-refractivity contribution in [3.05, 3.63) is 90.3 Å². The van der Waals surface area contributed by atoms with E-state index >= 15 is 0 Å². The second-order valence-electron chi connectivity index (χ2n) is 17.4. The Labute approximate surface area is 348 Å². The van der Waals surface area contributed by atoms with Crippen LogP contribution in [0, 0.1) is 5.92 Å². The number of aromatic nitrogens is 4. The molecule has 308 valence electrons.